The second kappa shape index (κ2) is 6.37. The molecule has 0 amide bonds. The molecule has 132 valence electrons. The predicted molar refractivity (Wildman–Crippen MR) is 91.6 cm³/mol. The smallest absolute Gasteiger partial charge is 0.336 e. The maximum absolute atomic E-state index is 12.1. The summed E-state index contributed by atoms with van der Waals surface area (Å²) in [6.07, 6.45) is 1.40. The Kier molecular flexibility index (Phi) is 4.39. The van der Waals surface area contributed by atoms with E-state index in [0.717, 1.165) is 10.9 Å². The number of esters is 1. The van der Waals surface area contributed by atoms with Gasteiger partial charge in [0, 0.05) is 29.5 Å². The number of hydrogen-bond donors (Lipinski definition) is 1. The van der Waals surface area contributed by atoms with Crippen molar-refractivity contribution in [2.75, 3.05) is 6.61 Å². The first-order chi connectivity index (χ1) is 11.8. The summed E-state index contributed by atoms with van der Waals surface area (Å²) in [7, 11) is 0. The molecule has 25 heavy (non-hydrogen) atoms. The Bertz CT molecular complexity index is 906. The number of hydrogen-bond acceptors (Lipinski definition) is 6. The summed E-state index contributed by atoms with van der Waals surface area (Å²) in [6.45, 7) is 5.05. The van der Waals surface area contributed by atoms with Gasteiger partial charge < -0.3 is 19.0 Å². The highest BCUT2D eigenvalue weighted by atomic mass is 16.6. The molecule has 0 saturated carbocycles. The highest BCUT2D eigenvalue weighted by molar-refractivity contribution is 5.88. The molecule has 2 heterocycles. The fraction of sp³-hybridized carbons (Fsp3) is 0.368. The highest BCUT2D eigenvalue weighted by Crippen LogP contribution is 2.37. The van der Waals surface area contributed by atoms with Gasteiger partial charge >= 0.3 is 11.6 Å². The topological polar surface area (TPSA) is 86.0 Å². The molecule has 1 N–H and O–H groups in total. The number of carbonyl (C=O) groups excluding carboxylic acids is 1. The van der Waals surface area contributed by atoms with Crippen LogP contribution < -0.4 is 10.4 Å². The Balaban J connectivity index is 1.93. The van der Waals surface area contributed by atoms with Gasteiger partial charge in [0.05, 0.1) is 6.61 Å². The maximum Gasteiger partial charge on any atom is 0.336 e. The van der Waals surface area contributed by atoms with Crippen LogP contribution in [0.5, 0.6) is 5.75 Å². The molecule has 3 rings (SSSR count). The van der Waals surface area contributed by atoms with Crippen LogP contribution in [0.25, 0.3) is 11.0 Å². The number of aliphatic hydroxyl groups is 1. The fourth-order valence-electron chi connectivity index (χ4n) is 2.82. The van der Waals surface area contributed by atoms with E-state index in [2.05, 4.69) is 0 Å². The van der Waals surface area contributed by atoms with Crippen molar-refractivity contribution in [3.05, 3.63) is 51.9 Å². The molecule has 0 unspecified atom stereocenters. The molecule has 0 spiro atoms. The van der Waals surface area contributed by atoms with Gasteiger partial charge in [0.15, 0.2) is 0 Å². The zero-order chi connectivity index (χ0) is 18.2. The van der Waals surface area contributed by atoms with Crippen molar-refractivity contribution >= 4 is 16.9 Å². The van der Waals surface area contributed by atoms with Crippen LogP contribution in [0.2, 0.25) is 0 Å². The van der Waals surface area contributed by atoms with Crippen LogP contribution in [0.4, 0.5) is 0 Å². The van der Waals surface area contributed by atoms with E-state index >= 15 is 0 Å². The molecule has 2 aromatic rings. The van der Waals surface area contributed by atoms with Crippen LogP contribution in [0, 0.1) is 0 Å². The van der Waals surface area contributed by atoms with Crippen molar-refractivity contribution in [1.29, 1.82) is 0 Å². The standard InChI is InChI=1S/C19H20O6/c1-11(6-7-20)18(22)24-16-9-13-8-12-4-5-17(21)23-14(12)10-15(13)25-19(16,2)3/h4-6,8,10,16,20H,7,9H2,1-3H3/t16-/m0/s1. The summed E-state index contributed by atoms with van der Waals surface area (Å²) < 4.78 is 16.8. The lowest BCUT2D eigenvalue weighted by Gasteiger charge is -2.39. The monoisotopic (exact) mass is 344 g/mol. The van der Waals surface area contributed by atoms with Gasteiger partial charge in [0.25, 0.3) is 0 Å². The van der Waals surface area contributed by atoms with E-state index in [0.29, 0.717) is 23.3 Å². The van der Waals surface area contributed by atoms with E-state index in [-0.39, 0.29) is 6.61 Å². The quantitative estimate of drug-likeness (QED) is 0.523. The van der Waals surface area contributed by atoms with Crippen molar-refractivity contribution in [2.45, 2.75) is 38.9 Å². The van der Waals surface area contributed by atoms with Crippen molar-refractivity contribution in [3.8, 4) is 5.75 Å². The zero-order valence-corrected chi connectivity index (χ0v) is 14.4. The molecule has 0 bridgehead atoms. The Morgan fingerprint density at radius 3 is 2.88 bits per heavy atom. The van der Waals surface area contributed by atoms with Crippen LogP contribution in [-0.2, 0) is 16.0 Å². The van der Waals surface area contributed by atoms with Crippen molar-refractivity contribution in [2.24, 2.45) is 0 Å². The number of fused-ring (bicyclic) bond motifs is 2. The van der Waals surface area contributed by atoms with E-state index in [1.54, 1.807) is 19.1 Å². The summed E-state index contributed by atoms with van der Waals surface area (Å²) in [5, 5.41) is 9.69. The molecule has 6 heteroatoms. The van der Waals surface area contributed by atoms with Gasteiger partial charge in [-0.05, 0) is 44.5 Å². The average molecular weight is 344 g/mol. The summed E-state index contributed by atoms with van der Waals surface area (Å²) in [6, 6.07) is 6.63. The minimum absolute atomic E-state index is 0.217. The summed E-state index contributed by atoms with van der Waals surface area (Å²) in [4.78, 5) is 23.5. The van der Waals surface area contributed by atoms with Gasteiger partial charge in [-0.1, -0.05) is 0 Å². The second-order valence-electron chi connectivity index (χ2n) is 6.63. The molecule has 1 aliphatic rings. The molecule has 1 aromatic carbocycles. The van der Waals surface area contributed by atoms with Gasteiger partial charge in [0.1, 0.15) is 23.0 Å². The molecule has 1 aromatic heterocycles. The van der Waals surface area contributed by atoms with Crippen LogP contribution >= 0.6 is 0 Å². The molecular formula is C19H20O6. The number of benzene rings is 1. The van der Waals surface area contributed by atoms with Crippen LogP contribution in [0.1, 0.15) is 26.3 Å². The Labute approximate surface area is 144 Å². The molecule has 0 aliphatic carbocycles. The Hall–Kier alpha value is -2.60. The number of rotatable bonds is 3. The van der Waals surface area contributed by atoms with Gasteiger partial charge in [0.2, 0.25) is 0 Å². The number of carbonyl (C=O) groups is 1. The van der Waals surface area contributed by atoms with E-state index in [1.165, 1.54) is 12.1 Å². The first-order valence-electron chi connectivity index (χ1n) is 8.04. The SMILES string of the molecule is CC(=CCO)C(=O)O[C@H]1Cc2cc3ccc(=O)oc3cc2OC1(C)C. The van der Waals surface area contributed by atoms with Crippen molar-refractivity contribution in [3.63, 3.8) is 0 Å². The zero-order valence-electron chi connectivity index (χ0n) is 14.4. The number of ether oxygens (including phenoxy) is 2. The first kappa shape index (κ1) is 17.2. The minimum atomic E-state index is -0.745. The molecule has 0 saturated heterocycles. The second-order valence-corrected chi connectivity index (χ2v) is 6.63. The van der Waals surface area contributed by atoms with E-state index in [1.807, 2.05) is 19.9 Å². The van der Waals surface area contributed by atoms with Crippen molar-refractivity contribution < 1.29 is 23.8 Å². The molecule has 0 fully saturated rings. The lowest BCUT2D eigenvalue weighted by molar-refractivity contribution is -0.156. The third kappa shape index (κ3) is 3.44. The van der Waals surface area contributed by atoms with E-state index in [4.69, 9.17) is 19.0 Å². The third-order valence-electron chi connectivity index (χ3n) is 4.32. The van der Waals surface area contributed by atoms with Gasteiger partial charge in [-0.3, -0.25) is 0 Å². The molecular weight excluding hydrogens is 324 g/mol. The normalized spacial score (nSPS) is 19.2. The van der Waals surface area contributed by atoms with Crippen molar-refractivity contribution in [1.82, 2.24) is 0 Å². The largest absolute Gasteiger partial charge is 0.484 e. The van der Waals surface area contributed by atoms with Crippen LogP contribution in [-0.4, -0.2) is 29.4 Å². The first-order valence-corrected chi connectivity index (χ1v) is 8.04. The Morgan fingerprint density at radius 1 is 1.40 bits per heavy atom. The minimum Gasteiger partial charge on any atom is -0.484 e. The Morgan fingerprint density at radius 2 is 2.16 bits per heavy atom. The van der Waals surface area contributed by atoms with Crippen LogP contribution in [0.3, 0.4) is 0 Å². The summed E-state index contributed by atoms with van der Waals surface area (Å²) in [5.41, 5.74) is 0.525. The third-order valence-corrected chi connectivity index (χ3v) is 4.32. The lowest BCUT2D eigenvalue weighted by atomic mass is 9.90. The fourth-order valence-corrected chi connectivity index (χ4v) is 2.82. The lowest BCUT2D eigenvalue weighted by Crippen LogP contribution is -2.48. The number of aliphatic hydroxyl groups excluding tert-OH is 1. The van der Waals surface area contributed by atoms with E-state index in [9.17, 15) is 9.59 Å². The molecule has 6 nitrogen and oxygen atoms in total. The highest BCUT2D eigenvalue weighted by Gasteiger charge is 2.40. The summed E-state index contributed by atoms with van der Waals surface area (Å²) in [5.74, 6) is 0.132. The predicted octanol–water partition coefficient (Wildman–Crippen LogP) is 2.36. The van der Waals surface area contributed by atoms with Gasteiger partial charge in [-0.25, -0.2) is 9.59 Å². The van der Waals surface area contributed by atoms with E-state index < -0.39 is 23.3 Å². The molecule has 1 atom stereocenters. The maximum atomic E-state index is 12.1. The molecule has 1 aliphatic heterocycles. The average Bonchev–Trinajstić information content (AvgIpc) is 2.53. The summed E-state index contributed by atoms with van der Waals surface area (Å²) >= 11 is 0. The molecule has 0 radical (unpaired) electrons. The van der Waals surface area contributed by atoms with Gasteiger partial charge in [-0.15, -0.1) is 0 Å². The van der Waals surface area contributed by atoms with Gasteiger partial charge in [-0.2, -0.15) is 0 Å². The van der Waals surface area contributed by atoms with Crippen LogP contribution in [0.15, 0.2) is 45.1 Å².